The molecule has 0 saturated carbocycles. The summed E-state index contributed by atoms with van der Waals surface area (Å²) in [6.45, 7) is 4.62. The number of para-hydroxylation sites is 1. The van der Waals surface area contributed by atoms with E-state index < -0.39 is 23.1 Å². The van der Waals surface area contributed by atoms with Gasteiger partial charge in [0.2, 0.25) is 0 Å². The Hall–Kier alpha value is -2.47. The zero-order valence-corrected chi connectivity index (χ0v) is 13.9. The minimum Gasteiger partial charge on any atom is -0.369 e. The van der Waals surface area contributed by atoms with Crippen LogP contribution in [-0.4, -0.2) is 50.1 Å². The van der Waals surface area contributed by atoms with Crippen molar-refractivity contribution in [3.63, 3.8) is 0 Å². The molecule has 1 N–H and O–H groups in total. The predicted molar refractivity (Wildman–Crippen MR) is 93.8 cm³/mol. The molecule has 2 aromatic carbocycles. The highest BCUT2D eigenvalue weighted by Crippen LogP contribution is 2.15. The molecule has 4 nitrogen and oxygen atoms in total. The molecule has 1 aliphatic rings. The van der Waals surface area contributed by atoms with Gasteiger partial charge in [0.25, 0.3) is 5.91 Å². The molecule has 0 radical (unpaired) electrons. The molecule has 0 atom stereocenters. The zero-order chi connectivity index (χ0) is 17.6. The molecule has 1 heterocycles. The standard InChI is InChI=1S/C19H21F2N3O/c20-16-7-4-8-17(21)18(16)19(25)22-9-10-23-11-13-24(14-12-23)15-5-2-1-3-6-15/h1-8H,9-14H2,(H,22,25). The summed E-state index contributed by atoms with van der Waals surface area (Å²) in [4.78, 5) is 16.5. The quantitative estimate of drug-likeness (QED) is 0.905. The second-order valence-corrected chi connectivity index (χ2v) is 6.02. The van der Waals surface area contributed by atoms with Crippen molar-refractivity contribution in [3.8, 4) is 0 Å². The summed E-state index contributed by atoms with van der Waals surface area (Å²) in [5.74, 6) is -2.39. The minimum absolute atomic E-state index is 0.359. The third-order valence-corrected chi connectivity index (χ3v) is 4.40. The van der Waals surface area contributed by atoms with Crippen molar-refractivity contribution in [1.82, 2.24) is 10.2 Å². The van der Waals surface area contributed by atoms with Crippen LogP contribution >= 0.6 is 0 Å². The number of amides is 1. The maximum absolute atomic E-state index is 13.6. The molecule has 1 saturated heterocycles. The number of nitrogens with one attached hydrogen (secondary N) is 1. The maximum Gasteiger partial charge on any atom is 0.257 e. The third kappa shape index (κ3) is 4.33. The van der Waals surface area contributed by atoms with Gasteiger partial charge in [0.15, 0.2) is 0 Å². The van der Waals surface area contributed by atoms with E-state index in [-0.39, 0.29) is 0 Å². The second-order valence-electron chi connectivity index (χ2n) is 6.02. The summed E-state index contributed by atoms with van der Waals surface area (Å²) in [6, 6.07) is 13.7. The van der Waals surface area contributed by atoms with Gasteiger partial charge in [-0.3, -0.25) is 9.69 Å². The van der Waals surface area contributed by atoms with Gasteiger partial charge in [-0.1, -0.05) is 24.3 Å². The van der Waals surface area contributed by atoms with Crippen LogP contribution < -0.4 is 10.2 Å². The Morgan fingerprint density at radius 3 is 2.20 bits per heavy atom. The van der Waals surface area contributed by atoms with Crippen molar-refractivity contribution in [2.75, 3.05) is 44.2 Å². The van der Waals surface area contributed by atoms with Crippen LogP contribution in [0.25, 0.3) is 0 Å². The molecular weight excluding hydrogens is 324 g/mol. The Kier molecular flexibility index (Phi) is 5.60. The van der Waals surface area contributed by atoms with E-state index in [1.54, 1.807) is 0 Å². The van der Waals surface area contributed by atoms with Crippen LogP contribution in [-0.2, 0) is 0 Å². The minimum atomic E-state index is -0.839. The molecule has 1 fully saturated rings. The number of carbonyl (C=O) groups is 1. The lowest BCUT2D eigenvalue weighted by Gasteiger charge is -2.36. The number of nitrogens with zero attached hydrogens (tertiary/aromatic N) is 2. The van der Waals surface area contributed by atoms with Gasteiger partial charge in [0, 0.05) is 45.0 Å². The van der Waals surface area contributed by atoms with Crippen molar-refractivity contribution < 1.29 is 13.6 Å². The van der Waals surface area contributed by atoms with Crippen LogP contribution in [0.3, 0.4) is 0 Å². The highest BCUT2D eigenvalue weighted by atomic mass is 19.1. The lowest BCUT2D eigenvalue weighted by molar-refractivity contribution is 0.0939. The van der Waals surface area contributed by atoms with E-state index >= 15 is 0 Å². The molecule has 0 bridgehead atoms. The number of carbonyl (C=O) groups excluding carboxylic acids is 1. The smallest absolute Gasteiger partial charge is 0.257 e. The van der Waals surface area contributed by atoms with Crippen LogP contribution in [0.4, 0.5) is 14.5 Å². The fourth-order valence-corrected chi connectivity index (χ4v) is 3.00. The number of halogens is 2. The highest BCUT2D eigenvalue weighted by Gasteiger charge is 2.19. The molecule has 1 aliphatic heterocycles. The van der Waals surface area contributed by atoms with Gasteiger partial charge < -0.3 is 10.2 Å². The molecule has 25 heavy (non-hydrogen) atoms. The van der Waals surface area contributed by atoms with Crippen LogP contribution in [0.2, 0.25) is 0 Å². The van der Waals surface area contributed by atoms with E-state index in [4.69, 9.17) is 0 Å². The molecule has 6 heteroatoms. The van der Waals surface area contributed by atoms with Gasteiger partial charge in [-0.15, -0.1) is 0 Å². The van der Waals surface area contributed by atoms with E-state index in [9.17, 15) is 13.6 Å². The van der Waals surface area contributed by atoms with Gasteiger partial charge in [0.05, 0.1) is 0 Å². The molecule has 3 rings (SSSR count). The molecule has 1 amide bonds. The van der Waals surface area contributed by atoms with Crippen molar-refractivity contribution in [1.29, 1.82) is 0 Å². The monoisotopic (exact) mass is 345 g/mol. The number of hydrogen-bond acceptors (Lipinski definition) is 3. The fourth-order valence-electron chi connectivity index (χ4n) is 3.00. The van der Waals surface area contributed by atoms with Gasteiger partial charge in [0.1, 0.15) is 17.2 Å². The molecule has 0 aliphatic carbocycles. The second kappa shape index (κ2) is 8.07. The average Bonchev–Trinajstić information content (AvgIpc) is 2.63. The number of rotatable bonds is 5. The van der Waals surface area contributed by atoms with Gasteiger partial charge in [-0.25, -0.2) is 8.78 Å². The Morgan fingerprint density at radius 2 is 1.56 bits per heavy atom. The first-order valence-electron chi connectivity index (χ1n) is 8.40. The van der Waals surface area contributed by atoms with E-state index in [0.717, 1.165) is 38.3 Å². The lowest BCUT2D eigenvalue weighted by Crippen LogP contribution is -2.48. The van der Waals surface area contributed by atoms with Crippen molar-refractivity contribution in [2.45, 2.75) is 0 Å². The maximum atomic E-state index is 13.6. The summed E-state index contributed by atoms with van der Waals surface area (Å²) < 4.78 is 27.1. The molecule has 0 unspecified atom stereocenters. The van der Waals surface area contributed by atoms with Crippen LogP contribution in [0.1, 0.15) is 10.4 Å². The fraction of sp³-hybridized carbons (Fsp3) is 0.316. The normalized spacial score (nSPS) is 15.2. The molecular formula is C19H21F2N3O. The van der Waals surface area contributed by atoms with Gasteiger partial charge >= 0.3 is 0 Å². The Labute approximate surface area is 146 Å². The number of anilines is 1. The number of piperazine rings is 1. The van der Waals surface area contributed by atoms with Gasteiger partial charge in [-0.2, -0.15) is 0 Å². The van der Waals surface area contributed by atoms with E-state index in [0.29, 0.717) is 13.1 Å². The Morgan fingerprint density at radius 1 is 0.920 bits per heavy atom. The van der Waals surface area contributed by atoms with Crippen LogP contribution in [0.5, 0.6) is 0 Å². The molecule has 132 valence electrons. The van der Waals surface area contributed by atoms with E-state index in [1.807, 2.05) is 18.2 Å². The Bertz CT molecular complexity index is 696. The largest absolute Gasteiger partial charge is 0.369 e. The molecule has 0 aromatic heterocycles. The summed E-state index contributed by atoms with van der Waals surface area (Å²) in [7, 11) is 0. The first kappa shape index (κ1) is 17.4. The van der Waals surface area contributed by atoms with Gasteiger partial charge in [-0.05, 0) is 24.3 Å². The Balaban J connectivity index is 1.44. The summed E-state index contributed by atoms with van der Waals surface area (Å²) in [5.41, 5.74) is 0.696. The zero-order valence-electron chi connectivity index (χ0n) is 13.9. The predicted octanol–water partition coefficient (Wildman–Crippen LogP) is 2.52. The summed E-state index contributed by atoms with van der Waals surface area (Å²) >= 11 is 0. The van der Waals surface area contributed by atoms with Crippen molar-refractivity contribution in [3.05, 3.63) is 65.7 Å². The number of benzene rings is 2. The third-order valence-electron chi connectivity index (χ3n) is 4.40. The first-order chi connectivity index (χ1) is 12.1. The molecule has 2 aromatic rings. The van der Waals surface area contributed by atoms with E-state index in [2.05, 4.69) is 27.2 Å². The van der Waals surface area contributed by atoms with Crippen molar-refractivity contribution >= 4 is 11.6 Å². The topological polar surface area (TPSA) is 35.6 Å². The van der Waals surface area contributed by atoms with E-state index in [1.165, 1.54) is 11.8 Å². The lowest BCUT2D eigenvalue weighted by atomic mass is 10.2. The molecule has 0 spiro atoms. The summed E-state index contributed by atoms with van der Waals surface area (Å²) in [5, 5.41) is 2.60. The average molecular weight is 345 g/mol. The van der Waals surface area contributed by atoms with Crippen molar-refractivity contribution in [2.24, 2.45) is 0 Å². The highest BCUT2D eigenvalue weighted by molar-refractivity contribution is 5.94. The first-order valence-corrected chi connectivity index (χ1v) is 8.40. The van der Waals surface area contributed by atoms with Crippen LogP contribution in [0.15, 0.2) is 48.5 Å². The van der Waals surface area contributed by atoms with Crippen LogP contribution in [0, 0.1) is 11.6 Å². The SMILES string of the molecule is O=C(NCCN1CCN(c2ccccc2)CC1)c1c(F)cccc1F. The summed E-state index contributed by atoms with van der Waals surface area (Å²) in [6.07, 6.45) is 0. The number of hydrogen-bond donors (Lipinski definition) is 1.